The largest absolute Gasteiger partial charge is 0.397 e. The maximum Gasteiger partial charge on any atom is 0.263 e. The minimum Gasteiger partial charge on any atom is -0.397 e. The van der Waals surface area contributed by atoms with E-state index >= 15 is 0 Å². The maximum atomic E-state index is 12.3. The molecule has 1 amide bonds. The van der Waals surface area contributed by atoms with Gasteiger partial charge in [-0.1, -0.05) is 0 Å². The molecule has 0 aliphatic heterocycles. The lowest BCUT2D eigenvalue weighted by atomic mass is 10.2. The molecule has 0 saturated carbocycles. The van der Waals surface area contributed by atoms with Gasteiger partial charge in [-0.25, -0.2) is 0 Å². The minimum atomic E-state index is -0.145. The molecule has 3 aromatic heterocycles. The molecule has 0 radical (unpaired) electrons. The van der Waals surface area contributed by atoms with Crippen molar-refractivity contribution in [3.05, 3.63) is 31.4 Å². The quantitative estimate of drug-likeness (QED) is 0.727. The summed E-state index contributed by atoms with van der Waals surface area (Å²) in [5.74, 6) is -0.145. The molecule has 0 unspecified atom stereocenters. The number of hydrogen-bond acceptors (Lipinski definition) is 5. The van der Waals surface area contributed by atoms with Crippen LogP contribution in [0, 0.1) is 6.92 Å². The predicted molar refractivity (Wildman–Crippen MR) is 90.9 cm³/mol. The van der Waals surface area contributed by atoms with Crippen molar-refractivity contribution in [2.45, 2.75) is 13.5 Å². The number of halogens is 1. The van der Waals surface area contributed by atoms with E-state index in [-0.39, 0.29) is 5.91 Å². The van der Waals surface area contributed by atoms with E-state index in [2.05, 4.69) is 26.3 Å². The Kier molecular flexibility index (Phi) is 3.76. The first-order valence-electron chi connectivity index (χ1n) is 6.20. The summed E-state index contributed by atoms with van der Waals surface area (Å²) in [5.41, 5.74) is 7.49. The lowest BCUT2D eigenvalue weighted by Crippen LogP contribution is -2.22. The van der Waals surface area contributed by atoms with Crippen LogP contribution in [0.4, 0.5) is 5.69 Å². The van der Waals surface area contributed by atoms with Crippen LogP contribution in [0.5, 0.6) is 0 Å². The van der Waals surface area contributed by atoms with E-state index in [0.29, 0.717) is 17.1 Å². The standard InChI is InChI=1S/C13H13BrN4OS2/c1-6-9-10(15)11(21-13(9)18(2)17-6)12(19)16-5-8-7(14)3-4-20-8/h3-4H,5,15H2,1-2H3,(H,16,19). The number of carbonyl (C=O) groups is 1. The minimum absolute atomic E-state index is 0.145. The van der Waals surface area contributed by atoms with E-state index in [0.717, 1.165) is 25.3 Å². The smallest absolute Gasteiger partial charge is 0.263 e. The predicted octanol–water partition coefficient (Wildman–Crippen LogP) is 3.28. The van der Waals surface area contributed by atoms with Gasteiger partial charge in [0.25, 0.3) is 5.91 Å². The van der Waals surface area contributed by atoms with Crippen molar-refractivity contribution < 1.29 is 4.79 Å². The molecule has 5 nitrogen and oxygen atoms in total. The van der Waals surface area contributed by atoms with E-state index in [1.54, 1.807) is 16.0 Å². The van der Waals surface area contributed by atoms with Gasteiger partial charge >= 0.3 is 0 Å². The molecular formula is C13H13BrN4OS2. The first-order valence-corrected chi connectivity index (χ1v) is 8.69. The third-order valence-corrected chi connectivity index (χ3v) is 6.39. The van der Waals surface area contributed by atoms with Gasteiger partial charge in [0.15, 0.2) is 0 Å². The summed E-state index contributed by atoms with van der Waals surface area (Å²) in [5, 5.41) is 10.1. The Morgan fingerprint density at radius 1 is 1.57 bits per heavy atom. The molecule has 0 aromatic carbocycles. The lowest BCUT2D eigenvalue weighted by molar-refractivity contribution is 0.0956. The molecule has 0 atom stereocenters. The number of aryl methyl sites for hydroxylation is 2. The van der Waals surface area contributed by atoms with Crippen molar-refractivity contribution in [3.8, 4) is 0 Å². The Hall–Kier alpha value is -1.38. The Balaban J connectivity index is 1.86. The molecule has 0 aliphatic rings. The number of nitrogens with one attached hydrogen (secondary N) is 1. The molecule has 3 N–H and O–H groups in total. The van der Waals surface area contributed by atoms with Crippen LogP contribution in [0.1, 0.15) is 20.2 Å². The molecule has 0 spiro atoms. The number of hydrogen-bond donors (Lipinski definition) is 2. The zero-order chi connectivity index (χ0) is 15.1. The Labute approximate surface area is 137 Å². The number of thiophene rings is 2. The second kappa shape index (κ2) is 5.43. The monoisotopic (exact) mass is 384 g/mol. The van der Waals surface area contributed by atoms with Gasteiger partial charge in [0.05, 0.1) is 23.3 Å². The highest BCUT2D eigenvalue weighted by Gasteiger charge is 2.20. The molecule has 0 bridgehead atoms. The van der Waals surface area contributed by atoms with Crippen molar-refractivity contribution in [3.63, 3.8) is 0 Å². The van der Waals surface area contributed by atoms with Gasteiger partial charge in [-0.3, -0.25) is 9.48 Å². The molecule has 3 aromatic rings. The summed E-state index contributed by atoms with van der Waals surface area (Å²) < 4.78 is 2.77. The molecular weight excluding hydrogens is 372 g/mol. The Bertz CT molecular complexity index is 833. The summed E-state index contributed by atoms with van der Waals surface area (Å²) in [6.45, 7) is 2.39. The SMILES string of the molecule is Cc1nn(C)c2sc(C(=O)NCc3sccc3Br)c(N)c12. The number of nitrogens with zero attached hydrogens (tertiary/aromatic N) is 2. The number of anilines is 1. The third-order valence-electron chi connectivity index (χ3n) is 3.19. The van der Waals surface area contributed by atoms with Gasteiger partial charge in [-0.15, -0.1) is 22.7 Å². The molecule has 8 heteroatoms. The summed E-state index contributed by atoms with van der Waals surface area (Å²) >= 11 is 6.43. The normalized spacial score (nSPS) is 11.2. The van der Waals surface area contributed by atoms with E-state index in [1.165, 1.54) is 11.3 Å². The first kappa shape index (κ1) is 14.6. The lowest BCUT2D eigenvalue weighted by Gasteiger charge is -2.03. The van der Waals surface area contributed by atoms with Crippen LogP contribution in [-0.4, -0.2) is 15.7 Å². The van der Waals surface area contributed by atoms with Gasteiger partial charge in [0, 0.05) is 16.4 Å². The maximum absolute atomic E-state index is 12.3. The van der Waals surface area contributed by atoms with Crippen LogP contribution < -0.4 is 11.1 Å². The van der Waals surface area contributed by atoms with E-state index in [4.69, 9.17) is 5.73 Å². The average molecular weight is 385 g/mol. The second-order valence-corrected chi connectivity index (χ2v) is 7.46. The van der Waals surface area contributed by atoms with Crippen LogP contribution in [-0.2, 0) is 13.6 Å². The van der Waals surface area contributed by atoms with Gasteiger partial charge in [-0.2, -0.15) is 5.10 Å². The highest BCUT2D eigenvalue weighted by atomic mass is 79.9. The van der Waals surface area contributed by atoms with E-state index < -0.39 is 0 Å². The highest BCUT2D eigenvalue weighted by molar-refractivity contribution is 9.10. The van der Waals surface area contributed by atoms with Gasteiger partial charge in [-0.05, 0) is 34.3 Å². The number of amides is 1. The van der Waals surface area contributed by atoms with Crippen molar-refractivity contribution in [1.29, 1.82) is 0 Å². The number of aromatic nitrogens is 2. The molecule has 3 heterocycles. The second-order valence-electron chi connectivity index (χ2n) is 4.61. The third kappa shape index (κ3) is 2.47. The van der Waals surface area contributed by atoms with E-state index in [9.17, 15) is 4.79 Å². The fourth-order valence-corrected chi connectivity index (χ4v) is 4.73. The van der Waals surface area contributed by atoms with Gasteiger partial charge < -0.3 is 11.1 Å². The first-order chi connectivity index (χ1) is 9.99. The van der Waals surface area contributed by atoms with E-state index in [1.807, 2.05) is 25.4 Å². The average Bonchev–Trinajstić information content (AvgIpc) is 3.06. The summed E-state index contributed by atoms with van der Waals surface area (Å²) in [4.78, 5) is 14.9. The van der Waals surface area contributed by atoms with Gasteiger partial charge in [0.1, 0.15) is 9.71 Å². The number of fused-ring (bicyclic) bond motifs is 1. The topological polar surface area (TPSA) is 72.9 Å². The molecule has 21 heavy (non-hydrogen) atoms. The van der Waals surface area contributed by atoms with Gasteiger partial charge in [0.2, 0.25) is 0 Å². The number of nitrogens with two attached hydrogens (primary N) is 1. The van der Waals surface area contributed by atoms with Crippen molar-refractivity contribution in [2.75, 3.05) is 5.73 Å². The van der Waals surface area contributed by atoms with Crippen LogP contribution in [0.25, 0.3) is 10.2 Å². The number of rotatable bonds is 3. The fourth-order valence-electron chi connectivity index (χ4n) is 2.19. The summed E-state index contributed by atoms with van der Waals surface area (Å²) in [6, 6.07) is 1.97. The van der Waals surface area contributed by atoms with Crippen molar-refractivity contribution >= 4 is 60.4 Å². The summed E-state index contributed by atoms with van der Waals surface area (Å²) in [6.07, 6.45) is 0. The molecule has 0 saturated heterocycles. The van der Waals surface area contributed by atoms with Crippen molar-refractivity contribution in [2.24, 2.45) is 7.05 Å². The Morgan fingerprint density at radius 2 is 2.33 bits per heavy atom. The molecule has 3 rings (SSSR count). The fraction of sp³-hybridized carbons (Fsp3) is 0.231. The molecule has 110 valence electrons. The number of carbonyl (C=O) groups excluding carboxylic acids is 1. The Morgan fingerprint density at radius 3 is 2.95 bits per heavy atom. The zero-order valence-electron chi connectivity index (χ0n) is 11.4. The van der Waals surface area contributed by atoms with Crippen LogP contribution >= 0.6 is 38.6 Å². The van der Waals surface area contributed by atoms with Crippen LogP contribution in [0.2, 0.25) is 0 Å². The van der Waals surface area contributed by atoms with Crippen molar-refractivity contribution in [1.82, 2.24) is 15.1 Å². The molecule has 0 aliphatic carbocycles. The van der Waals surface area contributed by atoms with Crippen LogP contribution in [0.3, 0.4) is 0 Å². The highest BCUT2D eigenvalue weighted by Crippen LogP contribution is 2.35. The number of nitrogen functional groups attached to an aromatic ring is 1. The summed E-state index contributed by atoms with van der Waals surface area (Å²) in [7, 11) is 1.86. The zero-order valence-corrected chi connectivity index (χ0v) is 14.7. The van der Waals surface area contributed by atoms with Crippen LogP contribution in [0.15, 0.2) is 15.9 Å². The molecule has 0 fully saturated rings.